The number of nitrogens with zero attached hydrogens (tertiary/aromatic N) is 2. The van der Waals surface area contributed by atoms with E-state index >= 15 is 0 Å². The van der Waals surface area contributed by atoms with Crippen LogP contribution in [0.3, 0.4) is 0 Å². The predicted octanol–water partition coefficient (Wildman–Crippen LogP) is 3.40. The normalized spacial score (nSPS) is 10.3. The molecule has 0 saturated heterocycles. The standard InChI is InChI=1S/C13H16N4O2S/c1-3-14-10-4-11(6-12(5-10)17(18)19)15-7-13-16-9(2)8-20-13/h4-6,8,14-15H,3,7H2,1-2H3. The first kappa shape index (κ1) is 14.3. The summed E-state index contributed by atoms with van der Waals surface area (Å²) in [6, 6.07) is 4.92. The number of non-ortho nitro benzene ring substituents is 1. The van der Waals surface area contributed by atoms with E-state index in [1.807, 2.05) is 25.3 Å². The van der Waals surface area contributed by atoms with Gasteiger partial charge in [0.25, 0.3) is 5.69 Å². The van der Waals surface area contributed by atoms with Gasteiger partial charge in [-0.05, 0) is 19.9 Å². The molecule has 1 heterocycles. The Morgan fingerprint density at radius 1 is 1.30 bits per heavy atom. The summed E-state index contributed by atoms with van der Waals surface area (Å²) < 4.78 is 0. The van der Waals surface area contributed by atoms with E-state index < -0.39 is 0 Å². The van der Waals surface area contributed by atoms with Crippen molar-refractivity contribution in [1.29, 1.82) is 0 Å². The first-order valence-corrected chi connectivity index (χ1v) is 7.14. The van der Waals surface area contributed by atoms with Crippen LogP contribution in [-0.2, 0) is 6.54 Å². The van der Waals surface area contributed by atoms with E-state index in [9.17, 15) is 10.1 Å². The summed E-state index contributed by atoms with van der Waals surface area (Å²) in [6.07, 6.45) is 0. The van der Waals surface area contributed by atoms with Gasteiger partial charge in [0, 0.05) is 41.1 Å². The Balaban J connectivity index is 2.15. The van der Waals surface area contributed by atoms with Gasteiger partial charge >= 0.3 is 0 Å². The average Bonchev–Trinajstić information content (AvgIpc) is 2.82. The van der Waals surface area contributed by atoms with Gasteiger partial charge in [0.2, 0.25) is 0 Å². The molecule has 6 nitrogen and oxygen atoms in total. The number of nitro benzene ring substituents is 1. The van der Waals surface area contributed by atoms with Crippen molar-refractivity contribution in [2.24, 2.45) is 0 Å². The molecule has 0 bridgehead atoms. The molecule has 0 unspecified atom stereocenters. The van der Waals surface area contributed by atoms with E-state index in [1.54, 1.807) is 11.3 Å². The molecule has 0 radical (unpaired) electrons. The molecule has 2 rings (SSSR count). The fourth-order valence-electron chi connectivity index (χ4n) is 1.79. The van der Waals surface area contributed by atoms with E-state index in [-0.39, 0.29) is 10.6 Å². The van der Waals surface area contributed by atoms with Gasteiger partial charge in [0.05, 0.1) is 11.5 Å². The summed E-state index contributed by atoms with van der Waals surface area (Å²) in [5.41, 5.74) is 2.50. The number of aromatic nitrogens is 1. The number of hydrogen-bond acceptors (Lipinski definition) is 6. The van der Waals surface area contributed by atoms with Crippen molar-refractivity contribution in [3.8, 4) is 0 Å². The van der Waals surface area contributed by atoms with Crippen LogP contribution in [0, 0.1) is 17.0 Å². The number of nitrogens with one attached hydrogen (secondary N) is 2. The van der Waals surface area contributed by atoms with Crippen molar-refractivity contribution in [2.45, 2.75) is 20.4 Å². The highest BCUT2D eigenvalue weighted by molar-refractivity contribution is 7.09. The minimum Gasteiger partial charge on any atom is -0.385 e. The molecule has 0 atom stereocenters. The van der Waals surface area contributed by atoms with Crippen LogP contribution in [0.25, 0.3) is 0 Å². The maximum absolute atomic E-state index is 10.9. The second-order valence-electron chi connectivity index (χ2n) is 4.29. The number of anilines is 2. The number of hydrogen-bond donors (Lipinski definition) is 2. The highest BCUT2D eigenvalue weighted by Gasteiger charge is 2.09. The molecule has 0 spiro atoms. The van der Waals surface area contributed by atoms with Crippen molar-refractivity contribution in [2.75, 3.05) is 17.2 Å². The molecule has 1 aromatic carbocycles. The minimum absolute atomic E-state index is 0.0706. The van der Waals surface area contributed by atoms with Crippen LogP contribution in [0.4, 0.5) is 17.1 Å². The number of benzene rings is 1. The van der Waals surface area contributed by atoms with Gasteiger partial charge in [-0.25, -0.2) is 4.98 Å². The second-order valence-corrected chi connectivity index (χ2v) is 5.23. The van der Waals surface area contributed by atoms with Gasteiger partial charge in [-0.15, -0.1) is 11.3 Å². The zero-order chi connectivity index (χ0) is 14.5. The average molecular weight is 292 g/mol. The molecule has 0 fully saturated rings. The van der Waals surface area contributed by atoms with E-state index in [0.29, 0.717) is 18.8 Å². The first-order chi connectivity index (χ1) is 9.58. The smallest absolute Gasteiger partial charge is 0.273 e. The third kappa shape index (κ3) is 3.67. The van der Waals surface area contributed by atoms with Crippen LogP contribution >= 0.6 is 11.3 Å². The van der Waals surface area contributed by atoms with Gasteiger partial charge in [0.15, 0.2) is 0 Å². The molecule has 2 aromatic rings. The highest BCUT2D eigenvalue weighted by Crippen LogP contribution is 2.25. The van der Waals surface area contributed by atoms with E-state index in [2.05, 4.69) is 15.6 Å². The van der Waals surface area contributed by atoms with Gasteiger partial charge in [0.1, 0.15) is 5.01 Å². The Labute approximate surface area is 121 Å². The lowest BCUT2D eigenvalue weighted by Crippen LogP contribution is -2.03. The predicted molar refractivity (Wildman–Crippen MR) is 81.4 cm³/mol. The lowest BCUT2D eigenvalue weighted by atomic mass is 10.2. The summed E-state index contributed by atoms with van der Waals surface area (Å²) in [7, 11) is 0. The van der Waals surface area contributed by atoms with Crippen molar-refractivity contribution in [1.82, 2.24) is 4.98 Å². The SMILES string of the molecule is CCNc1cc(NCc2nc(C)cs2)cc([N+](=O)[O-])c1. The Hall–Kier alpha value is -2.15. The van der Waals surface area contributed by atoms with Gasteiger partial charge in [-0.3, -0.25) is 10.1 Å². The fourth-order valence-corrected chi connectivity index (χ4v) is 2.50. The second kappa shape index (κ2) is 6.33. The topological polar surface area (TPSA) is 80.1 Å². The summed E-state index contributed by atoms with van der Waals surface area (Å²) in [5, 5.41) is 20.1. The van der Waals surface area contributed by atoms with Crippen molar-refractivity contribution in [3.63, 3.8) is 0 Å². The Morgan fingerprint density at radius 2 is 2.00 bits per heavy atom. The van der Waals surface area contributed by atoms with Crippen molar-refractivity contribution >= 4 is 28.4 Å². The maximum atomic E-state index is 10.9. The summed E-state index contributed by atoms with van der Waals surface area (Å²) in [6.45, 7) is 5.17. The molecule has 2 N–H and O–H groups in total. The Kier molecular flexibility index (Phi) is 4.52. The maximum Gasteiger partial charge on any atom is 0.273 e. The van der Waals surface area contributed by atoms with Gasteiger partial charge in [-0.1, -0.05) is 0 Å². The lowest BCUT2D eigenvalue weighted by molar-refractivity contribution is -0.384. The molecule has 0 saturated carbocycles. The largest absolute Gasteiger partial charge is 0.385 e. The molecule has 20 heavy (non-hydrogen) atoms. The van der Waals surface area contributed by atoms with Crippen LogP contribution in [0.5, 0.6) is 0 Å². The van der Waals surface area contributed by atoms with Gasteiger partial charge < -0.3 is 10.6 Å². The summed E-state index contributed by atoms with van der Waals surface area (Å²) in [4.78, 5) is 14.9. The third-order valence-electron chi connectivity index (χ3n) is 2.62. The summed E-state index contributed by atoms with van der Waals surface area (Å²) >= 11 is 1.57. The molecule has 0 aliphatic rings. The fraction of sp³-hybridized carbons (Fsp3) is 0.308. The monoisotopic (exact) mass is 292 g/mol. The highest BCUT2D eigenvalue weighted by atomic mass is 32.1. The number of aryl methyl sites for hydroxylation is 1. The quantitative estimate of drug-likeness (QED) is 0.630. The lowest BCUT2D eigenvalue weighted by Gasteiger charge is -2.08. The van der Waals surface area contributed by atoms with E-state index in [4.69, 9.17) is 0 Å². The number of rotatable bonds is 6. The molecule has 7 heteroatoms. The zero-order valence-corrected chi connectivity index (χ0v) is 12.2. The third-order valence-corrected chi connectivity index (χ3v) is 3.59. The van der Waals surface area contributed by atoms with Crippen LogP contribution in [0.1, 0.15) is 17.6 Å². The molecule has 0 amide bonds. The molecule has 1 aromatic heterocycles. The van der Waals surface area contributed by atoms with Crippen LogP contribution in [0.15, 0.2) is 23.6 Å². The molecule has 106 valence electrons. The number of thiazole rings is 1. The molecular weight excluding hydrogens is 276 g/mol. The van der Waals surface area contributed by atoms with Crippen molar-refractivity contribution < 1.29 is 4.92 Å². The van der Waals surface area contributed by atoms with Gasteiger partial charge in [-0.2, -0.15) is 0 Å². The Bertz CT molecular complexity index is 612. The minimum atomic E-state index is -0.389. The number of nitro groups is 1. The molecular formula is C13H16N4O2S. The zero-order valence-electron chi connectivity index (χ0n) is 11.3. The van der Waals surface area contributed by atoms with E-state index in [1.165, 1.54) is 12.1 Å². The van der Waals surface area contributed by atoms with Crippen LogP contribution in [0.2, 0.25) is 0 Å². The van der Waals surface area contributed by atoms with Crippen molar-refractivity contribution in [3.05, 3.63) is 44.4 Å². The molecule has 0 aliphatic carbocycles. The summed E-state index contributed by atoms with van der Waals surface area (Å²) in [5.74, 6) is 0. The Morgan fingerprint density at radius 3 is 2.55 bits per heavy atom. The van der Waals surface area contributed by atoms with Crippen LogP contribution in [-0.4, -0.2) is 16.5 Å². The van der Waals surface area contributed by atoms with Crippen LogP contribution < -0.4 is 10.6 Å². The first-order valence-electron chi connectivity index (χ1n) is 6.26. The van der Waals surface area contributed by atoms with E-state index in [0.717, 1.165) is 16.4 Å². The molecule has 0 aliphatic heterocycles.